The fourth-order valence-corrected chi connectivity index (χ4v) is 4.13. The second kappa shape index (κ2) is 11.1. The van der Waals surface area contributed by atoms with Gasteiger partial charge in [-0.3, -0.25) is 4.79 Å². The summed E-state index contributed by atoms with van der Waals surface area (Å²) in [5, 5.41) is 12.0. The highest BCUT2D eigenvalue weighted by Crippen LogP contribution is 2.23. The first kappa shape index (κ1) is 23.8. The van der Waals surface area contributed by atoms with Crippen molar-refractivity contribution in [1.82, 2.24) is 9.62 Å². The van der Waals surface area contributed by atoms with Gasteiger partial charge in [-0.05, 0) is 30.7 Å². The molecule has 2 rings (SSSR count). The summed E-state index contributed by atoms with van der Waals surface area (Å²) in [6.45, 7) is 2.36. The van der Waals surface area contributed by atoms with E-state index in [9.17, 15) is 18.0 Å². The number of anilines is 1. The van der Waals surface area contributed by atoms with Crippen LogP contribution in [0.3, 0.4) is 0 Å². The van der Waals surface area contributed by atoms with E-state index in [0.29, 0.717) is 12.2 Å². The van der Waals surface area contributed by atoms with Crippen LogP contribution in [0.15, 0.2) is 40.4 Å². The lowest BCUT2D eigenvalue weighted by Crippen LogP contribution is -2.31. The van der Waals surface area contributed by atoms with E-state index in [2.05, 4.69) is 17.0 Å². The molecule has 1 aliphatic rings. The smallest absolute Gasteiger partial charge is 0.337 e. The van der Waals surface area contributed by atoms with Gasteiger partial charge in [-0.25, -0.2) is 17.9 Å². The second-order valence-electron chi connectivity index (χ2n) is 6.90. The third-order valence-corrected chi connectivity index (χ3v) is 6.19. The van der Waals surface area contributed by atoms with Gasteiger partial charge < -0.3 is 20.1 Å². The van der Waals surface area contributed by atoms with Gasteiger partial charge in [0.2, 0.25) is 10.0 Å². The van der Waals surface area contributed by atoms with Crippen LogP contribution in [0.2, 0.25) is 0 Å². The van der Waals surface area contributed by atoms with Crippen LogP contribution in [-0.2, 0) is 24.3 Å². The minimum absolute atomic E-state index is 0.0306. The molecule has 9 nitrogen and oxygen atoms in total. The number of esters is 1. The molecule has 0 aliphatic carbocycles. The van der Waals surface area contributed by atoms with E-state index < -0.39 is 21.9 Å². The molecule has 0 atom stereocenters. The fourth-order valence-electron chi connectivity index (χ4n) is 3.05. The number of sulfonamides is 1. The van der Waals surface area contributed by atoms with Crippen molar-refractivity contribution in [3.63, 3.8) is 0 Å². The Morgan fingerprint density at radius 3 is 2.50 bits per heavy atom. The zero-order chi connectivity index (χ0) is 22.1. The van der Waals surface area contributed by atoms with Crippen LogP contribution >= 0.6 is 0 Å². The number of ether oxygens (including phenoxy) is 1. The lowest BCUT2D eigenvalue weighted by molar-refractivity contribution is -0.136. The monoisotopic (exact) mass is 439 g/mol. The Morgan fingerprint density at radius 2 is 1.90 bits per heavy atom. The fraction of sp³-hybridized carbons (Fsp3) is 0.500. The lowest BCUT2D eigenvalue weighted by Gasteiger charge is -2.15. The summed E-state index contributed by atoms with van der Waals surface area (Å²) < 4.78 is 32.1. The van der Waals surface area contributed by atoms with Gasteiger partial charge in [-0.1, -0.05) is 26.2 Å². The number of aliphatic hydroxyl groups is 1. The molecule has 3 N–H and O–H groups in total. The highest BCUT2D eigenvalue weighted by atomic mass is 32.2. The largest absolute Gasteiger partial charge is 0.466 e. The molecule has 0 unspecified atom stereocenters. The Bertz CT molecular complexity index is 880. The van der Waals surface area contributed by atoms with Crippen LogP contribution in [0.5, 0.6) is 0 Å². The zero-order valence-electron chi connectivity index (χ0n) is 17.3. The number of hydrogen-bond donors (Lipinski definition) is 3. The Kier molecular flexibility index (Phi) is 8.82. The predicted molar refractivity (Wildman–Crippen MR) is 112 cm³/mol. The van der Waals surface area contributed by atoms with Crippen LogP contribution in [0.25, 0.3) is 0 Å². The van der Waals surface area contributed by atoms with Crippen molar-refractivity contribution in [2.45, 2.75) is 37.5 Å². The van der Waals surface area contributed by atoms with Crippen molar-refractivity contribution in [3.05, 3.63) is 35.5 Å². The van der Waals surface area contributed by atoms with Crippen LogP contribution in [-0.4, -0.2) is 63.7 Å². The number of carbonyl (C=O) groups is 2. The van der Waals surface area contributed by atoms with Gasteiger partial charge in [-0.15, -0.1) is 0 Å². The average molecular weight is 440 g/mol. The first-order valence-corrected chi connectivity index (χ1v) is 11.4. The van der Waals surface area contributed by atoms with Crippen molar-refractivity contribution in [2.24, 2.45) is 0 Å². The molecule has 0 saturated carbocycles. The number of methoxy groups -OCH3 is 1. The Labute approximate surface area is 177 Å². The average Bonchev–Trinajstić information content (AvgIpc) is 3.03. The third-order valence-electron chi connectivity index (χ3n) is 4.71. The van der Waals surface area contributed by atoms with Gasteiger partial charge in [0, 0.05) is 18.8 Å². The molecule has 0 aromatic heterocycles. The first-order valence-electron chi connectivity index (χ1n) is 9.92. The predicted octanol–water partition coefficient (Wildman–Crippen LogP) is 1.22. The van der Waals surface area contributed by atoms with E-state index >= 15 is 0 Å². The summed E-state index contributed by atoms with van der Waals surface area (Å²) in [6, 6.07) is 5.91. The van der Waals surface area contributed by atoms with Crippen LogP contribution in [0, 0.1) is 0 Å². The minimum Gasteiger partial charge on any atom is -0.466 e. The van der Waals surface area contributed by atoms with E-state index in [0.717, 1.165) is 25.7 Å². The Morgan fingerprint density at radius 1 is 1.20 bits per heavy atom. The molecule has 0 saturated heterocycles. The number of nitrogens with zero attached hydrogens (tertiary/aromatic N) is 1. The molecule has 1 aliphatic heterocycles. The summed E-state index contributed by atoms with van der Waals surface area (Å²) in [5.74, 6) is -1.08. The molecular weight excluding hydrogens is 410 g/mol. The molecule has 0 spiro atoms. The first-order chi connectivity index (χ1) is 14.3. The normalized spacial score (nSPS) is 14.4. The highest BCUT2D eigenvalue weighted by Gasteiger charge is 2.34. The Hall–Kier alpha value is -2.43. The van der Waals surface area contributed by atoms with Crippen molar-refractivity contribution in [3.8, 4) is 0 Å². The van der Waals surface area contributed by atoms with Crippen molar-refractivity contribution in [1.29, 1.82) is 0 Å². The summed E-state index contributed by atoms with van der Waals surface area (Å²) in [4.78, 5) is 26.0. The molecule has 0 bridgehead atoms. The van der Waals surface area contributed by atoms with Gasteiger partial charge in [-0.2, -0.15) is 0 Å². The molecule has 0 radical (unpaired) electrons. The maximum atomic E-state index is 12.5. The minimum atomic E-state index is -3.61. The molecule has 166 valence electrons. The van der Waals surface area contributed by atoms with Crippen molar-refractivity contribution >= 4 is 27.6 Å². The number of rotatable bonds is 12. The van der Waals surface area contributed by atoms with Crippen molar-refractivity contribution in [2.75, 3.05) is 38.7 Å². The molecular formula is C20H29N3O6S. The SMILES string of the molecule is CCCCCCNS(=O)(=O)c1ccc(NC2=C(C(=O)OC)CN(CCO)C2=O)cc1. The van der Waals surface area contributed by atoms with Gasteiger partial charge in [0.25, 0.3) is 5.91 Å². The van der Waals surface area contributed by atoms with Gasteiger partial charge in [0.1, 0.15) is 5.70 Å². The standard InChI is InChI=1S/C20H29N3O6S/c1-3-4-5-6-11-21-30(27,28)16-9-7-15(8-10-16)22-18-17(20(26)29-2)14-23(12-13-24)19(18)25/h7-10,21-22,24H,3-6,11-14H2,1-2H3. The van der Waals surface area contributed by atoms with Gasteiger partial charge >= 0.3 is 5.97 Å². The number of aliphatic hydroxyl groups excluding tert-OH is 1. The van der Waals surface area contributed by atoms with E-state index in [1.54, 1.807) is 0 Å². The molecule has 1 amide bonds. The highest BCUT2D eigenvalue weighted by molar-refractivity contribution is 7.89. The summed E-state index contributed by atoms with van der Waals surface area (Å²) in [7, 11) is -2.39. The summed E-state index contributed by atoms with van der Waals surface area (Å²) in [5.41, 5.74) is 0.661. The summed E-state index contributed by atoms with van der Waals surface area (Å²) in [6.07, 6.45) is 3.90. The molecule has 30 heavy (non-hydrogen) atoms. The van der Waals surface area contributed by atoms with E-state index in [1.165, 1.54) is 36.3 Å². The van der Waals surface area contributed by atoms with Gasteiger partial charge in [0.15, 0.2) is 0 Å². The maximum Gasteiger partial charge on any atom is 0.337 e. The number of nitrogens with one attached hydrogen (secondary N) is 2. The number of carbonyl (C=O) groups excluding carboxylic acids is 2. The van der Waals surface area contributed by atoms with Gasteiger partial charge in [0.05, 0.1) is 30.7 Å². The van der Waals surface area contributed by atoms with Crippen LogP contribution < -0.4 is 10.0 Å². The molecule has 1 aromatic carbocycles. The van der Waals surface area contributed by atoms with Crippen molar-refractivity contribution < 1.29 is 27.9 Å². The maximum absolute atomic E-state index is 12.5. The third kappa shape index (κ3) is 6.04. The number of unbranched alkanes of at least 4 members (excludes halogenated alkanes) is 3. The van der Waals surface area contributed by atoms with Crippen LogP contribution in [0.1, 0.15) is 32.6 Å². The molecule has 1 aromatic rings. The second-order valence-corrected chi connectivity index (χ2v) is 8.67. The molecule has 10 heteroatoms. The van der Waals surface area contributed by atoms with E-state index in [1.807, 2.05) is 0 Å². The molecule has 1 heterocycles. The topological polar surface area (TPSA) is 125 Å². The number of amides is 1. The zero-order valence-corrected chi connectivity index (χ0v) is 18.1. The quantitative estimate of drug-likeness (QED) is 0.330. The van der Waals surface area contributed by atoms with E-state index in [4.69, 9.17) is 9.84 Å². The number of β-amino-alcohol motifs (C(OH)–C–C–N with tert-alkyl or cyclic N) is 1. The number of benzene rings is 1. The molecule has 0 fully saturated rings. The summed E-state index contributed by atoms with van der Waals surface area (Å²) >= 11 is 0. The number of hydrogen-bond acceptors (Lipinski definition) is 7. The Balaban J connectivity index is 2.10. The van der Waals surface area contributed by atoms with Crippen LogP contribution in [0.4, 0.5) is 5.69 Å². The lowest BCUT2D eigenvalue weighted by atomic mass is 10.2. The van der Waals surface area contributed by atoms with E-state index in [-0.39, 0.29) is 35.9 Å².